The maximum absolute atomic E-state index is 12.8. The Hall–Kier alpha value is -2.88. The van der Waals surface area contributed by atoms with Gasteiger partial charge in [0.05, 0.1) is 25.3 Å². The lowest BCUT2D eigenvalue weighted by molar-refractivity contribution is -0.124. The normalized spacial score (nSPS) is 18.8. The number of carbonyl (C=O) groups is 3. The molecule has 0 bridgehead atoms. The summed E-state index contributed by atoms with van der Waals surface area (Å²) in [5.41, 5.74) is 0.778. The average molecular weight is 451 g/mol. The molecule has 1 aromatic rings. The quantitative estimate of drug-likeness (QED) is 0.464. The average Bonchev–Trinajstić information content (AvgIpc) is 3.12. The number of aromatic nitrogens is 1. The SMILES string of the molecule is CCCCOC(=O)N1CC(O)C(NC(=O)[C@H](CC(C)C)NC(=O)OCc2ccncc2)C1. The highest BCUT2D eigenvalue weighted by molar-refractivity contribution is 5.86. The van der Waals surface area contributed by atoms with Gasteiger partial charge in [0.15, 0.2) is 0 Å². The highest BCUT2D eigenvalue weighted by Gasteiger charge is 2.37. The minimum absolute atomic E-state index is 0.0564. The van der Waals surface area contributed by atoms with E-state index in [9.17, 15) is 19.5 Å². The van der Waals surface area contributed by atoms with E-state index in [0.29, 0.717) is 13.0 Å². The standard InChI is InChI=1S/C22H34N4O6/c1-4-5-10-31-22(30)26-12-18(19(27)13-26)24-20(28)17(11-15(2)3)25-21(29)32-14-16-6-8-23-9-7-16/h6-9,15,17-19,27H,4-5,10-14H2,1-3H3,(H,24,28)(H,25,29)/t17-,18?,19?/m0/s1. The number of nitrogens with zero attached hydrogens (tertiary/aromatic N) is 2. The van der Waals surface area contributed by atoms with Crippen molar-refractivity contribution < 1.29 is 29.0 Å². The molecule has 3 amide bonds. The Balaban J connectivity index is 1.88. The topological polar surface area (TPSA) is 130 Å². The molecule has 0 saturated carbocycles. The van der Waals surface area contributed by atoms with E-state index >= 15 is 0 Å². The number of aliphatic hydroxyl groups is 1. The van der Waals surface area contributed by atoms with Crippen LogP contribution in [0.15, 0.2) is 24.5 Å². The molecule has 0 aromatic carbocycles. The number of hydrogen-bond acceptors (Lipinski definition) is 7. The molecule has 10 nitrogen and oxygen atoms in total. The first-order valence-corrected chi connectivity index (χ1v) is 11.0. The van der Waals surface area contributed by atoms with Gasteiger partial charge < -0.3 is 30.1 Å². The number of hydrogen-bond donors (Lipinski definition) is 3. The van der Waals surface area contributed by atoms with Gasteiger partial charge in [-0.25, -0.2) is 9.59 Å². The molecule has 2 rings (SSSR count). The van der Waals surface area contributed by atoms with Crippen LogP contribution in [0.3, 0.4) is 0 Å². The first kappa shape index (κ1) is 25.4. The molecule has 1 saturated heterocycles. The number of β-amino-alcohol motifs (C(OH)–C–C–N with tert-alkyl or cyclic N) is 1. The van der Waals surface area contributed by atoms with Crippen LogP contribution in [0.2, 0.25) is 0 Å². The summed E-state index contributed by atoms with van der Waals surface area (Å²) in [5, 5.41) is 15.7. The van der Waals surface area contributed by atoms with Crippen molar-refractivity contribution in [2.24, 2.45) is 5.92 Å². The van der Waals surface area contributed by atoms with Gasteiger partial charge in [0.1, 0.15) is 12.6 Å². The van der Waals surface area contributed by atoms with Crippen molar-refractivity contribution in [3.8, 4) is 0 Å². The Bertz CT molecular complexity index is 745. The van der Waals surface area contributed by atoms with Gasteiger partial charge in [-0.2, -0.15) is 0 Å². The van der Waals surface area contributed by atoms with Gasteiger partial charge >= 0.3 is 12.2 Å². The molecule has 1 fully saturated rings. The Morgan fingerprint density at radius 3 is 2.59 bits per heavy atom. The zero-order valence-corrected chi connectivity index (χ0v) is 19.0. The molecule has 1 aliphatic heterocycles. The Kier molecular flexibility index (Phi) is 10.2. The summed E-state index contributed by atoms with van der Waals surface area (Å²) in [7, 11) is 0. The number of pyridine rings is 1. The Morgan fingerprint density at radius 2 is 1.94 bits per heavy atom. The van der Waals surface area contributed by atoms with Crippen molar-refractivity contribution in [2.75, 3.05) is 19.7 Å². The van der Waals surface area contributed by atoms with E-state index in [2.05, 4.69) is 15.6 Å². The fourth-order valence-corrected chi connectivity index (χ4v) is 3.27. The molecule has 0 radical (unpaired) electrons. The molecule has 0 aliphatic carbocycles. The van der Waals surface area contributed by atoms with E-state index in [1.807, 2.05) is 20.8 Å². The number of nitrogens with one attached hydrogen (secondary N) is 2. The highest BCUT2D eigenvalue weighted by atomic mass is 16.6. The molecule has 1 aliphatic rings. The van der Waals surface area contributed by atoms with E-state index in [-0.39, 0.29) is 25.6 Å². The predicted molar refractivity (Wildman–Crippen MR) is 117 cm³/mol. The largest absolute Gasteiger partial charge is 0.449 e. The molecule has 2 unspecified atom stereocenters. The molecule has 32 heavy (non-hydrogen) atoms. The van der Waals surface area contributed by atoms with Crippen LogP contribution in [0, 0.1) is 5.92 Å². The number of amides is 3. The van der Waals surface area contributed by atoms with Crippen LogP contribution >= 0.6 is 0 Å². The number of likely N-dealkylation sites (tertiary alicyclic amines) is 1. The van der Waals surface area contributed by atoms with Crippen LogP contribution in [0.5, 0.6) is 0 Å². The van der Waals surface area contributed by atoms with E-state index in [1.54, 1.807) is 24.5 Å². The summed E-state index contributed by atoms with van der Waals surface area (Å²) in [4.78, 5) is 42.5. The summed E-state index contributed by atoms with van der Waals surface area (Å²) in [6, 6.07) is 1.97. The summed E-state index contributed by atoms with van der Waals surface area (Å²) in [6.07, 6.45) is 3.12. The van der Waals surface area contributed by atoms with E-state index < -0.39 is 36.3 Å². The van der Waals surface area contributed by atoms with Crippen LogP contribution in [-0.2, 0) is 20.9 Å². The maximum atomic E-state index is 12.8. The number of alkyl carbamates (subject to hydrolysis) is 1. The van der Waals surface area contributed by atoms with Crippen LogP contribution in [0.1, 0.15) is 45.6 Å². The van der Waals surface area contributed by atoms with Crippen LogP contribution in [-0.4, -0.2) is 71.0 Å². The second kappa shape index (κ2) is 12.8. The zero-order valence-electron chi connectivity index (χ0n) is 19.0. The molecule has 1 aromatic heterocycles. The third-order valence-electron chi connectivity index (χ3n) is 5.03. The van der Waals surface area contributed by atoms with Crippen molar-refractivity contribution in [2.45, 2.75) is 64.8 Å². The lowest BCUT2D eigenvalue weighted by Crippen LogP contribution is -2.53. The predicted octanol–water partition coefficient (Wildman–Crippen LogP) is 1.82. The molecular formula is C22H34N4O6. The highest BCUT2D eigenvalue weighted by Crippen LogP contribution is 2.13. The summed E-state index contributed by atoms with van der Waals surface area (Å²) in [5.74, 6) is -0.311. The summed E-state index contributed by atoms with van der Waals surface area (Å²) in [6.45, 7) is 6.45. The number of rotatable bonds is 10. The minimum Gasteiger partial charge on any atom is -0.449 e. The number of aliphatic hydroxyl groups excluding tert-OH is 1. The van der Waals surface area contributed by atoms with Crippen molar-refractivity contribution in [3.63, 3.8) is 0 Å². The first-order valence-electron chi connectivity index (χ1n) is 11.0. The fourth-order valence-electron chi connectivity index (χ4n) is 3.27. The Labute approximate surface area is 188 Å². The fraction of sp³-hybridized carbons (Fsp3) is 0.636. The van der Waals surface area contributed by atoms with E-state index in [0.717, 1.165) is 18.4 Å². The lowest BCUT2D eigenvalue weighted by atomic mass is 10.0. The molecule has 3 N–H and O–H groups in total. The maximum Gasteiger partial charge on any atom is 0.409 e. The van der Waals surface area contributed by atoms with Gasteiger partial charge in [0.25, 0.3) is 0 Å². The molecule has 178 valence electrons. The van der Waals surface area contributed by atoms with Gasteiger partial charge in [-0.05, 0) is 36.5 Å². The van der Waals surface area contributed by atoms with Crippen molar-refractivity contribution in [1.82, 2.24) is 20.5 Å². The van der Waals surface area contributed by atoms with Gasteiger partial charge in [-0.15, -0.1) is 0 Å². The molecular weight excluding hydrogens is 416 g/mol. The van der Waals surface area contributed by atoms with E-state index in [4.69, 9.17) is 9.47 Å². The van der Waals surface area contributed by atoms with Crippen LogP contribution in [0.25, 0.3) is 0 Å². The van der Waals surface area contributed by atoms with Gasteiger partial charge in [-0.1, -0.05) is 27.2 Å². The number of ether oxygens (including phenoxy) is 2. The third kappa shape index (κ3) is 8.33. The summed E-state index contributed by atoms with van der Waals surface area (Å²) >= 11 is 0. The minimum atomic E-state index is -0.920. The van der Waals surface area contributed by atoms with Gasteiger partial charge in [-0.3, -0.25) is 9.78 Å². The molecule has 3 atom stereocenters. The monoisotopic (exact) mass is 450 g/mol. The van der Waals surface area contributed by atoms with Crippen molar-refractivity contribution in [3.05, 3.63) is 30.1 Å². The van der Waals surface area contributed by atoms with E-state index in [1.165, 1.54) is 4.90 Å². The second-order valence-electron chi connectivity index (χ2n) is 8.31. The molecule has 2 heterocycles. The first-order chi connectivity index (χ1) is 15.3. The van der Waals surface area contributed by atoms with Crippen LogP contribution < -0.4 is 10.6 Å². The Morgan fingerprint density at radius 1 is 1.22 bits per heavy atom. The summed E-state index contributed by atoms with van der Waals surface area (Å²) < 4.78 is 10.4. The molecule has 10 heteroatoms. The van der Waals surface area contributed by atoms with Crippen molar-refractivity contribution in [1.29, 1.82) is 0 Å². The zero-order chi connectivity index (χ0) is 23.5. The smallest absolute Gasteiger partial charge is 0.409 e. The van der Waals surface area contributed by atoms with Crippen molar-refractivity contribution >= 4 is 18.1 Å². The number of carbonyl (C=O) groups excluding carboxylic acids is 3. The van der Waals surface area contributed by atoms with Gasteiger partial charge in [0.2, 0.25) is 5.91 Å². The van der Waals surface area contributed by atoms with Gasteiger partial charge in [0, 0.05) is 18.9 Å². The number of unbranched alkanes of at least 4 members (excludes halogenated alkanes) is 1. The second-order valence-corrected chi connectivity index (χ2v) is 8.31. The molecule has 0 spiro atoms. The third-order valence-corrected chi connectivity index (χ3v) is 5.03. The van der Waals surface area contributed by atoms with Crippen LogP contribution in [0.4, 0.5) is 9.59 Å². The lowest BCUT2D eigenvalue weighted by Gasteiger charge is -2.23.